The molecule has 1 N–H and O–H groups in total. The standard InChI is InChI=1S/C19H27NO3/c1-15-7-3-4-8-16(15)17-14-20(11-12-23-17)18(21)13-19(22)9-5-2-6-10-19/h3-4,7-8,17,22H,2,5-6,9-14H2,1H3. The van der Waals surface area contributed by atoms with E-state index >= 15 is 0 Å². The number of amides is 1. The predicted octanol–water partition coefficient (Wildman–Crippen LogP) is 2.98. The summed E-state index contributed by atoms with van der Waals surface area (Å²) < 4.78 is 5.88. The van der Waals surface area contributed by atoms with E-state index in [1.165, 1.54) is 12.0 Å². The maximum absolute atomic E-state index is 12.6. The van der Waals surface area contributed by atoms with Gasteiger partial charge in [-0.3, -0.25) is 4.79 Å². The van der Waals surface area contributed by atoms with Crippen LogP contribution in [0.2, 0.25) is 0 Å². The summed E-state index contributed by atoms with van der Waals surface area (Å²) in [6, 6.07) is 8.17. The van der Waals surface area contributed by atoms with Crippen LogP contribution in [-0.4, -0.2) is 41.2 Å². The molecule has 1 atom stereocenters. The second-order valence-corrected chi connectivity index (χ2v) is 7.02. The first-order valence-electron chi connectivity index (χ1n) is 8.75. The van der Waals surface area contributed by atoms with Gasteiger partial charge in [-0.1, -0.05) is 43.5 Å². The first-order chi connectivity index (χ1) is 11.1. The third kappa shape index (κ3) is 3.93. The van der Waals surface area contributed by atoms with E-state index in [1.54, 1.807) is 0 Å². The van der Waals surface area contributed by atoms with Crippen molar-refractivity contribution in [1.29, 1.82) is 0 Å². The van der Waals surface area contributed by atoms with Gasteiger partial charge in [-0.25, -0.2) is 0 Å². The van der Waals surface area contributed by atoms with Crippen molar-refractivity contribution < 1.29 is 14.6 Å². The molecule has 1 amide bonds. The van der Waals surface area contributed by atoms with E-state index in [-0.39, 0.29) is 18.4 Å². The fourth-order valence-corrected chi connectivity index (χ4v) is 3.79. The molecule has 1 aromatic carbocycles. The lowest BCUT2D eigenvalue weighted by atomic mass is 9.82. The van der Waals surface area contributed by atoms with Crippen molar-refractivity contribution in [3.63, 3.8) is 0 Å². The monoisotopic (exact) mass is 317 g/mol. The van der Waals surface area contributed by atoms with Gasteiger partial charge >= 0.3 is 0 Å². The Kier molecular flexibility index (Phi) is 5.02. The zero-order valence-corrected chi connectivity index (χ0v) is 14.0. The van der Waals surface area contributed by atoms with E-state index in [4.69, 9.17) is 4.74 Å². The number of rotatable bonds is 3. The van der Waals surface area contributed by atoms with Crippen molar-refractivity contribution in [1.82, 2.24) is 4.90 Å². The van der Waals surface area contributed by atoms with Crippen molar-refractivity contribution in [2.45, 2.75) is 57.2 Å². The second-order valence-electron chi connectivity index (χ2n) is 7.02. The summed E-state index contributed by atoms with van der Waals surface area (Å²) in [6.45, 7) is 3.84. The van der Waals surface area contributed by atoms with Crippen LogP contribution in [0.4, 0.5) is 0 Å². The SMILES string of the molecule is Cc1ccccc1C1CN(C(=O)CC2(O)CCCCC2)CCO1. The molecule has 1 aliphatic carbocycles. The van der Waals surface area contributed by atoms with Crippen LogP contribution in [0.25, 0.3) is 0 Å². The number of ether oxygens (including phenoxy) is 1. The molecule has 1 saturated heterocycles. The summed E-state index contributed by atoms with van der Waals surface area (Å²) in [6.07, 6.45) is 4.93. The average Bonchev–Trinajstić information content (AvgIpc) is 2.55. The van der Waals surface area contributed by atoms with Gasteiger partial charge in [-0.15, -0.1) is 0 Å². The molecule has 4 heteroatoms. The highest BCUT2D eigenvalue weighted by Gasteiger charge is 2.35. The Hall–Kier alpha value is -1.39. The summed E-state index contributed by atoms with van der Waals surface area (Å²) >= 11 is 0. The fraction of sp³-hybridized carbons (Fsp3) is 0.632. The second kappa shape index (κ2) is 7.02. The number of hydrogen-bond acceptors (Lipinski definition) is 3. The molecule has 1 heterocycles. The lowest BCUT2D eigenvalue weighted by Crippen LogP contribution is -2.46. The maximum atomic E-state index is 12.6. The minimum absolute atomic E-state index is 0.0603. The smallest absolute Gasteiger partial charge is 0.225 e. The molecule has 126 valence electrons. The minimum atomic E-state index is -0.786. The van der Waals surface area contributed by atoms with Gasteiger partial charge in [0.1, 0.15) is 6.10 Å². The van der Waals surface area contributed by atoms with Crippen molar-refractivity contribution in [3.05, 3.63) is 35.4 Å². The number of morpholine rings is 1. The summed E-state index contributed by atoms with van der Waals surface area (Å²) in [5.74, 6) is 0.0660. The molecule has 0 spiro atoms. The summed E-state index contributed by atoms with van der Waals surface area (Å²) in [5.41, 5.74) is 1.56. The molecular weight excluding hydrogens is 290 g/mol. The summed E-state index contributed by atoms with van der Waals surface area (Å²) in [7, 11) is 0. The fourth-order valence-electron chi connectivity index (χ4n) is 3.79. The number of benzene rings is 1. The topological polar surface area (TPSA) is 49.8 Å². The lowest BCUT2D eigenvalue weighted by molar-refractivity contribution is -0.145. The molecule has 2 aliphatic rings. The lowest BCUT2D eigenvalue weighted by Gasteiger charge is -2.37. The van der Waals surface area contributed by atoms with Gasteiger partial charge < -0.3 is 14.7 Å². The first kappa shape index (κ1) is 16.5. The molecule has 1 aliphatic heterocycles. The van der Waals surface area contributed by atoms with Crippen LogP contribution in [0.15, 0.2) is 24.3 Å². The van der Waals surface area contributed by atoms with Crippen LogP contribution in [0.5, 0.6) is 0 Å². The summed E-state index contributed by atoms with van der Waals surface area (Å²) in [4.78, 5) is 14.5. The Morgan fingerprint density at radius 2 is 2.04 bits per heavy atom. The molecule has 0 aromatic heterocycles. The van der Waals surface area contributed by atoms with E-state index in [0.29, 0.717) is 19.7 Å². The van der Waals surface area contributed by atoms with Gasteiger partial charge in [0, 0.05) is 6.54 Å². The largest absolute Gasteiger partial charge is 0.389 e. The number of aliphatic hydroxyl groups is 1. The normalized spacial score (nSPS) is 24.4. The Labute approximate surface area is 138 Å². The molecule has 1 unspecified atom stereocenters. The summed E-state index contributed by atoms with van der Waals surface area (Å²) in [5, 5.41) is 10.6. The highest BCUT2D eigenvalue weighted by molar-refractivity contribution is 5.77. The average molecular weight is 317 g/mol. The van der Waals surface area contributed by atoms with Crippen molar-refractivity contribution in [2.24, 2.45) is 0 Å². The van der Waals surface area contributed by atoms with Crippen LogP contribution in [0, 0.1) is 6.92 Å². The van der Waals surface area contributed by atoms with E-state index in [0.717, 1.165) is 31.2 Å². The zero-order chi connectivity index (χ0) is 16.3. The zero-order valence-electron chi connectivity index (χ0n) is 14.0. The van der Waals surface area contributed by atoms with Crippen molar-refractivity contribution >= 4 is 5.91 Å². The van der Waals surface area contributed by atoms with E-state index in [1.807, 2.05) is 17.0 Å². The predicted molar refractivity (Wildman–Crippen MR) is 89.1 cm³/mol. The Morgan fingerprint density at radius 1 is 1.30 bits per heavy atom. The number of nitrogens with zero attached hydrogens (tertiary/aromatic N) is 1. The van der Waals surface area contributed by atoms with Gasteiger partial charge in [-0.2, -0.15) is 0 Å². The molecule has 3 rings (SSSR count). The first-order valence-corrected chi connectivity index (χ1v) is 8.75. The Morgan fingerprint density at radius 3 is 2.78 bits per heavy atom. The maximum Gasteiger partial charge on any atom is 0.225 e. The quantitative estimate of drug-likeness (QED) is 0.932. The molecule has 1 aromatic rings. The molecule has 2 fully saturated rings. The highest BCUT2D eigenvalue weighted by atomic mass is 16.5. The molecular formula is C19H27NO3. The number of hydrogen-bond donors (Lipinski definition) is 1. The van der Waals surface area contributed by atoms with Crippen LogP contribution >= 0.6 is 0 Å². The molecule has 1 saturated carbocycles. The van der Waals surface area contributed by atoms with E-state index < -0.39 is 5.60 Å². The van der Waals surface area contributed by atoms with E-state index in [9.17, 15) is 9.90 Å². The van der Waals surface area contributed by atoms with Gasteiger partial charge in [0.2, 0.25) is 5.91 Å². The Balaban J connectivity index is 1.64. The third-order valence-electron chi connectivity index (χ3n) is 5.22. The molecule has 23 heavy (non-hydrogen) atoms. The van der Waals surface area contributed by atoms with Gasteiger partial charge in [0.25, 0.3) is 0 Å². The van der Waals surface area contributed by atoms with Crippen LogP contribution in [0.1, 0.15) is 55.8 Å². The van der Waals surface area contributed by atoms with Crippen LogP contribution in [-0.2, 0) is 9.53 Å². The van der Waals surface area contributed by atoms with Gasteiger partial charge in [-0.05, 0) is 30.9 Å². The Bertz CT molecular complexity index is 551. The molecule has 4 nitrogen and oxygen atoms in total. The molecule has 0 radical (unpaired) electrons. The van der Waals surface area contributed by atoms with Crippen molar-refractivity contribution in [3.8, 4) is 0 Å². The molecule has 0 bridgehead atoms. The third-order valence-corrected chi connectivity index (χ3v) is 5.22. The van der Waals surface area contributed by atoms with Crippen molar-refractivity contribution in [2.75, 3.05) is 19.7 Å². The number of carbonyl (C=O) groups is 1. The number of carbonyl (C=O) groups excluding carboxylic acids is 1. The van der Waals surface area contributed by atoms with Crippen LogP contribution < -0.4 is 0 Å². The highest BCUT2D eigenvalue weighted by Crippen LogP contribution is 2.32. The number of aryl methyl sites for hydroxylation is 1. The van der Waals surface area contributed by atoms with Gasteiger partial charge in [0.05, 0.1) is 25.2 Å². The van der Waals surface area contributed by atoms with E-state index in [2.05, 4.69) is 19.1 Å². The van der Waals surface area contributed by atoms with Gasteiger partial charge in [0.15, 0.2) is 0 Å². The minimum Gasteiger partial charge on any atom is -0.389 e. The van der Waals surface area contributed by atoms with Crippen LogP contribution in [0.3, 0.4) is 0 Å².